The average Bonchev–Trinajstić information content (AvgIpc) is 2.73. The van der Waals surface area contributed by atoms with Crippen molar-refractivity contribution >= 4 is 35.8 Å². The second kappa shape index (κ2) is 11.8. The first-order valence-corrected chi connectivity index (χ1v) is 10.1. The highest BCUT2D eigenvalue weighted by Gasteiger charge is 2.23. The highest BCUT2D eigenvalue weighted by atomic mass is 35.5. The van der Waals surface area contributed by atoms with Gasteiger partial charge in [-0.2, -0.15) is 0 Å². The number of carbonyl (C=O) groups is 2. The van der Waals surface area contributed by atoms with Crippen LogP contribution in [0.2, 0.25) is 5.02 Å². The Hall–Kier alpha value is -2.08. The fourth-order valence-corrected chi connectivity index (χ4v) is 3.49. The van der Waals surface area contributed by atoms with Gasteiger partial charge in [-0.05, 0) is 61.7 Å². The van der Waals surface area contributed by atoms with Crippen LogP contribution in [0.3, 0.4) is 0 Å². The Bertz CT molecular complexity index is 778. The van der Waals surface area contributed by atoms with Gasteiger partial charge in [-0.1, -0.05) is 41.9 Å². The van der Waals surface area contributed by atoms with E-state index < -0.39 is 6.04 Å². The van der Waals surface area contributed by atoms with Gasteiger partial charge in [-0.25, -0.2) is 0 Å². The van der Waals surface area contributed by atoms with Gasteiger partial charge in [-0.3, -0.25) is 9.59 Å². The third-order valence-corrected chi connectivity index (χ3v) is 5.23. The second-order valence-electron chi connectivity index (χ2n) is 7.18. The molecule has 7 heteroatoms. The monoisotopic (exact) mass is 435 g/mol. The minimum atomic E-state index is -0.637. The van der Waals surface area contributed by atoms with Crippen LogP contribution in [0.15, 0.2) is 54.6 Å². The molecule has 0 bridgehead atoms. The molecular weight excluding hydrogens is 409 g/mol. The molecule has 2 aromatic carbocycles. The number of rotatable bonds is 7. The highest BCUT2D eigenvalue weighted by Crippen LogP contribution is 2.11. The minimum absolute atomic E-state index is 0. The fraction of sp³-hybridized carbons (Fsp3) is 0.364. The lowest BCUT2D eigenvalue weighted by Crippen LogP contribution is -2.49. The number of piperidine rings is 1. The van der Waals surface area contributed by atoms with E-state index in [1.807, 2.05) is 30.3 Å². The lowest BCUT2D eigenvalue weighted by atomic mass is 9.99. The Kier molecular flexibility index (Phi) is 9.45. The number of hydrogen-bond acceptors (Lipinski definition) is 3. The molecule has 0 aromatic heterocycles. The molecule has 1 fully saturated rings. The maximum Gasteiger partial charge on any atom is 0.251 e. The molecule has 1 aliphatic rings. The summed E-state index contributed by atoms with van der Waals surface area (Å²) in [6, 6.07) is 15.7. The lowest BCUT2D eigenvalue weighted by molar-refractivity contribution is -0.123. The van der Waals surface area contributed by atoms with Crippen LogP contribution in [0.25, 0.3) is 0 Å². The van der Waals surface area contributed by atoms with Gasteiger partial charge < -0.3 is 16.0 Å². The molecule has 2 amide bonds. The number of hydrogen-bond donors (Lipinski definition) is 3. The van der Waals surface area contributed by atoms with E-state index in [4.69, 9.17) is 11.6 Å². The van der Waals surface area contributed by atoms with Crippen LogP contribution in [-0.4, -0.2) is 37.5 Å². The second-order valence-corrected chi connectivity index (χ2v) is 7.62. The van der Waals surface area contributed by atoms with Crippen LogP contribution in [0, 0.1) is 5.92 Å². The van der Waals surface area contributed by atoms with Gasteiger partial charge in [0.05, 0.1) is 0 Å². The van der Waals surface area contributed by atoms with Crippen molar-refractivity contribution in [3.63, 3.8) is 0 Å². The predicted octanol–water partition coefficient (Wildman–Crippen LogP) is 3.22. The predicted molar refractivity (Wildman–Crippen MR) is 119 cm³/mol. The van der Waals surface area contributed by atoms with E-state index in [2.05, 4.69) is 16.0 Å². The van der Waals surface area contributed by atoms with E-state index in [9.17, 15) is 9.59 Å². The third-order valence-electron chi connectivity index (χ3n) is 4.97. The van der Waals surface area contributed by atoms with Gasteiger partial charge in [0, 0.05) is 23.6 Å². The van der Waals surface area contributed by atoms with Gasteiger partial charge in [0.2, 0.25) is 5.91 Å². The topological polar surface area (TPSA) is 70.2 Å². The molecule has 156 valence electrons. The van der Waals surface area contributed by atoms with E-state index in [0.717, 1.165) is 31.5 Å². The van der Waals surface area contributed by atoms with E-state index >= 15 is 0 Å². The van der Waals surface area contributed by atoms with Crippen molar-refractivity contribution < 1.29 is 9.59 Å². The number of amides is 2. The summed E-state index contributed by atoms with van der Waals surface area (Å²) in [5.41, 5.74) is 1.48. The minimum Gasteiger partial charge on any atom is -0.354 e. The number of benzene rings is 2. The molecule has 0 radical (unpaired) electrons. The molecule has 2 atom stereocenters. The van der Waals surface area contributed by atoms with Crippen LogP contribution in [0.5, 0.6) is 0 Å². The quantitative estimate of drug-likeness (QED) is 0.624. The summed E-state index contributed by atoms with van der Waals surface area (Å²) in [6.45, 7) is 2.58. The van der Waals surface area contributed by atoms with Crippen molar-refractivity contribution in [3.05, 3.63) is 70.7 Å². The molecule has 3 rings (SSSR count). The lowest BCUT2D eigenvalue weighted by Gasteiger charge is -2.25. The normalized spacial score (nSPS) is 16.9. The fourth-order valence-electron chi connectivity index (χ4n) is 3.37. The summed E-state index contributed by atoms with van der Waals surface area (Å²) < 4.78 is 0. The molecule has 1 saturated heterocycles. The zero-order valence-electron chi connectivity index (χ0n) is 16.2. The summed E-state index contributed by atoms with van der Waals surface area (Å²) in [7, 11) is 0. The molecule has 0 saturated carbocycles. The number of nitrogens with one attached hydrogen (secondary N) is 3. The Morgan fingerprint density at radius 3 is 2.48 bits per heavy atom. The van der Waals surface area contributed by atoms with Gasteiger partial charge in [-0.15, -0.1) is 12.4 Å². The highest BCUT2D eigenvalue weighted by molar-refractivity contribution is 6.30. The van der Waals surface area contributed by atoms with Crippen LogP contribution < -0.4 is 16.0 Å². The maximum atomic E-state index is 12.8. The summed E-state index contributed by atoms with van der Waals surface area (Å²) in [4.78, 5) is 25.5. The molecule has 29 heavy (non-hydrogen) atoms. The molecule has 2 aromatic rings. The molecule has 3 N–H and O–H groups in total. The van der Waals surface area contributed by atoms with E-state index in [-0.39, 0.29) is 24.2 Å². The Labute approximate surface area is 183 Å². The van der Waals surface area contributed by atoms with E-state index in [0.29, 0.717) is 29.5 Å². The van der Waals surface area contributed by atoms with E-state index in [1.165, 1.54) is 0 Å². The SMILES string of the molecule is Cl.O=C(NC(Cc1ccccc1)C(=O)NCC1CCCNC1)c1ccc(Cl)cc1. The Morgan fingerprint density at radius 2 is 1.83 bits per heavy atom. The van der Waals surface area contributed by atoms with Crippen molar-refractivity contribution in [1.82, 2.24) is 16.0 Å². The first kappa shape index (κ1) is 23.2. The summed E-state index contributed by atoms with van der Waals surface area (Å²) in [5.74, 6) is -0.00846. The zero-order chi connectivity index (χ0) is 19.8. The van der Waals surface area contributed by atoms with Crippen molar-refractivity contribution in [2.45, 2.75) is 25.3 Å². The molecular formula is C22H27Cl2N3O2. The van der Waals surface area contributed by atoms with Crippen molar-refractivity contribution in [2.75, 3.05) is 19.6 Å². The number of carbonyl (C=O) groups excluding carboxylic acids is 2. The summed E-state index contributed by atoms with van der Waals surface area (Å²) in [6.07, 6.45) is 2.67. The standard InChI is InChI=1S/C22H26ClN3O2.ClH/c23-19-10-8-18(9-11-19)21(27)26-20(13-16-5-2-1-3-6-16)22(28)25-15-17-7-4-12-24-14-17;/h1-3,5-6,8-11,17,20,24H,4,7,12-15H2,(H,25,28)(H,26,27);1H. The molecule has 0 aliphatic carbocycles. The van der Waals surface area contributed by atoms with Gasteiger partial charge >= 0.3 is 0 Å². The van der Waals surface area contributed by atoms with Gasteiger partial charge in [0.1, 0.15) is 6.04 Å². The van der Waals surface area contributed by atoms with Crippen molar-refractivity contribution in [3.8, 4) is 0 Å². The van der Waals surface area contributed by atoms with E-state index in [1.54, 1.807) is 24.3 Å². The number of halogens is 2. The van der Waals surface area contributed by atoms with Crippen molar-refractivity contribution in [2.24, 2.45) is 5.92 Å². The third kappa shape index (κ3) is 7.35. The molecule has 1 aliphatic heterocycles. The molecule has 0 spiro atoms. The molecule has 2 unspecified atom stereocenters. The van der Waals surface area contributed by atoms with Crippen molar-refractivity contribution in [1.29, 1.82) is 0 Å². The smallest absolute Gasteiger partial charge is 0.251 e. The van der Waals surface area contributed by atoms with Crippen LogP contribution in [0.1, 0.15) is 28.8 Å². The van der Waals surface area contributed by atoms with Gasteiger partial charge in [0.15, 0.2) is 0 Å². The summed E-state index contributed by atoms with van der Waals surface area (Å²) in [5, 5.41) is 9.82. The van der Waals surface area contributed by atoms with Crippen LogP contribution in [-0.2, 0) is 11.2 Å². The van der Waals surface area contributed by atoms with Crippen LogP contribution >= 0.6 is 24.0 Å². The largest absolute Gasteiger partial charge is 0.354 e. The summed E-state index contributed by atoms with van der Waals surface area (Å²) >= 11 is 5.89. The Morgan fingerprint density at radius 1 is 1.10 bits per heavy atom. The molecule has 1 heterocycles. The average molecular weight is 436 g/mol. The van der Waals surface area contributed by atoms with Gasteiger partial charge in [0.25, 0.3) is 5.91 Å². The van der Waals surface area contributed by atoms with Crippen LogP contribution in [0.4, 0.5) is 0 Å². The Balaban J connectivity index is 0.00000300. The zero-order valence-corrected chi connectivity index (χ0v) is 17.8. The maximum absolute atomic E-state index is 12.8. The molecule has 5 nitrogen and oxygen atoms in total. The first-order chi connectivity index (χ1) is 13.6. The first-order valence-electron chi connectivity index (χ1n) is 9.70.